The maximum Gasteiger partial charge on any atom is 0.234 e. The SMILES string of the molecule is Cc1cc(-c2csc(CN(C)CC(=O)NC(C)C)n2)c(C)c(C)c1C. The molecule has 0 radical (unpaired) electrons. The van der Waals surface area contributed by atoms with Crippen LogP contribution in [-0.4, -0.2) is 35.4 Å². The first-order chi connectivity index (χ1) is 11.7. The molecule has 0 aliphatic heterocycles. The van der Waals surface area contributed by atoms with E-state index < -0.39 is 0 Å². The Morgan fingerprint density at radius 1 is 1.20 bits per heavy atom. The molecule has 0 aliphatic rings. The molecule has 0 atom stereocenters. The number of benzene rings is 1. The molecule has 0 bridgehead atoms. The number of nitrogens with one attached hydrogen (secondary N) is 1. The van der Waals surface area contributed by atoms with Crippen molar-refractivity contribution in [2.45, 2.75) is 54.1 Å². The van der Waals surface area contributed by atoms with Crippen LogP contribution in [0, 0.1) is 27.7 Å². The van der Waals surface area contributed by atoms with Crippen molar-refractivity contribution < 1.29 is 4.79 Å². The van der Waals surface area contributed by atoms with E-state index in [1.165, 1.54) is 27.8 Å². The first kappa shape index (κ1) is 19.6. The van der Waals surface area contributed by atoms with E-state index in [2.05, 4.69) is 44.5 Å². The van der Waals surface area contributed by atoms with Crippen LogP contribution in [0.3, 0.4) is 0 Å². The summed E-state index contributed by atoms with van der Waals surface area (Å²) in [4.78, 5) is 18.7. The van der Waals surface area contributed by atoms with Gasteiger partial charge in [0.05, 0.1) is 18.8 Å². The van der Waals surface area contributed by atoms with Crippen LogP contribution in [0.5, 0.6) is 0 Å². The lowest BCUT2D eigenvalue weighted by atomic mass is 9.93. The number of likely N-dealkylation sites (N-methyl/N-ethyl adjacent to an activating group) is 1. The summed E-state index contributed by atoms with van der Waals surface area (Å²) >= 11 is 1.65. The summed E-state index contributed by atoms with van der Waals surface area (Å²) < 4.78 is 0. The van der Waals surface area contributed by atoms with E-state index in [9.17, 15) is 4.79 Å². The average molecular weight is 360 g/mol. The zero-order valence-corrected chi connectivity index (χ0v) is 17.2. The zero-order chi connectivity index (χ0) is 18.7. The van der Waals surface area contributed by atoms with E-state index in [4.69, 9.17) is 4.98 Å². The van der Waals surface area contributed by atoms with E-state index in [0.717, 1.165) is 10.7 Å². The van der Waals surface area contributed by atoms with E-state index >= 15 is 0 Å². The van der Waals surface area contributed by atoms with Crippen molar-refractivity contribution in [1.82, 2.24) is 15.2 Å². The first-order valence-electron chi connectivity index (χ1n) is 8.69. The van der Waals surface area contributed by atoms with E-state index in [1.807, 2.05) is 25.8 Å². The van der Waals surface area contributed by atoms with Crippen LogP contribution in [0.4, 0.5) is 0 Å². The molecule has 1 N–H and O–H groups in total. The molecule has 0 saturated carbocycles. The van der Waals surface area contributed by atoms with Crippen molar-refractivity contribution in [2.24, 2.45) is 0 Å². The summed E-state index contributed by atoms with van der Waals surface area (Å²) in [6.45, 7) is 13.7. The first-order valence-corrected chi connectivity index (χ1v) is 9.57. The van der Waals surface area contributed by atoms with Gasteiger partial charge in [0, 0.05) is 17.0 Å². The van der Waals surface area contributed by atoms with Crippen LogP contribution < -0.4 is 5.32 Å². The predicted molar refractivity (Wildman–Crippen MR) is 106 cm³/mol. The molecule has 1 heterocycles. The van der Waals surface area contributed by atoms with Gasteiger partial charge in [0.2, 0.25) is 5.91 Å². The second-order valence-corrected chi connectivity index (χ2v) is 8.08. The van der Waals surface area contributed by atoms with Crippen LogP contribution in [0.15, 0.2) is 11.4 Å². The molecular weight excluding hydrogens is 330 g/mol. The van der Waals surface area contributed by atoms with Crippen molar-refractivity contribution in [3.05, 3.63) is 38.7 Å². The summed E-state index contributed by atoms with van der Waals surface area (Å²) in [6.07, 6.45) is 0. The normalized spacial score (nSPS) is 11.4. The maximum absolute atomic E-state index is 11.9. The molecule has 5 heteroatoms. The number of amides is 1. The zero-order valence-electron chi connectivity index (χ0n) is 16.4. The van der Waals surface area contributed by atoms with Crippen LogP contribution in [0.25, 0.3) is 11.3 Å². The average Bonchev–Trinajstić information content (AvgIpc) is 2.95. The van der Waals surface area contributed by atoms with Crippen LogP contribution in [0.2, 0.25) is 0 Å². The fourth-order valence-electron chi connectivity index (χ4n) is 2.88. The summed E-state index contributed by atoms with van der Waals surface area (Å²) in [5.74, 6) is 0.0508. The molecule has 1 aromatic heterocycles. The van der Waals surface area contributed by atoms with Gasteiger partial charge in [-0.15, -0.1) is 11.3 Å². The van der Waals surface area contributed by atoms with Crippen molar-refractivity contribution in [1.29, 1.82) is 0 Å². The fourth-order valence-corrected chi connectivity index (χ4v) is 3.76. The van der Waals surface area contributed by atoms with E-state index in [1.54, 1.807) is 11.3 Å². The summed E-state index contributed by atoms with van der Waals surface area (Å²) in [5.41, 5.74) is 7.53. The fraction of sp³-hybridized carbons (Fsp3) is 0.500. The smallest absolute Gasteiger partial charge is 0.234 e. The molecule has 2 aromatic rings. The van der Waals surface area contributed by atoms with Gasteiger partial charge >= 0.3 is 0 Å². The molecule has 2 rings (SSSR count). The molecule has 25 heavy (non-hydrogen) atoms. The number of rotatable bonds is 6. The molecule has 1 amide bonds. The van der Waals surface area contributed by atoms with Crippen LogP contribution in [-0.2, 0) is 11.3 Å². The molecule has 0 saturated heterocycles. The minimum Gasteiger partial charge on any atom is -0.353 e. The molecule has 136 valence electrons. The number of carbonyl (C=O) groups is 1. The third-order valence-corrected chi connectivity index (χ3v) is 5.41. The second-order valence-electron chi connectivity index (χ2n) is 7.14. The number of nitrogens with zero attached hydrogens (tertiary/aromatic N) is 2. The van der Waals surface area contributed by atoms with Gasteiger partial charge in [0.1, 0.15) is 5.01 Å². The van der Waals surface area contributed by atoms with Gasteiger partial charge in [-0.25, -0.2) is 4.98 Å². The third kappa shape index (κ3) is 4.89. The Balaban J connectivity index is 2.12. The lowest BCUT2D eigenvalue weighted by molar-refractivity contribution is -0.122. The molecular formula is C20H29N3OS. The Bertz CT molecular complexity index is 765. The van der Waals surface area contributed by atoms with Crippen molar-refractivity contribution in [2.75, 3.05) is 13.6 Å². The number of hydrogen-bond acceptors (Lipinski definition) is 4. The van der Waals surface area contributed by atoms with Gasteiger partial charge < -0.3 is 5.32 Å². The quantitative estimate of drug-likeness (QED) is 0.848. The number of carbonyl (C=O) groups excluding carboxylic acids is 1. The Morgan fingerprint density at radius 3 is 2.52 bits per heavy atom. The largest absolute Gasteiger partial charge is 0.353 e. The molecule has 0 spiro atoms. The van der Waals surface area contributed by atoms with Gasteiger partial charge in [-0.05, 0) is 76.9 Å². The lowest BCUT2D eigenvalue weighted by Crippen LogP contribution is -2.38. The predicted octanol–water partition coefficient (Wildman–Crippen LogP) is 4.00. The monoisotopic (exact) mass is 359 g/mol. The topological polar surface area (TPSA) is 45.2 Å². The van der Waals surface area contributed by atoms with Crippen molar-refractivity contribution in [3.8, 4) is 11.3 Å². The highest BCUT2D eigenvalue weighted by Gasteiger charge is 2.14. The Hall–Kier alpha value is -1.72. The standard InChI is InChI=1S/C20H29N3OS/c1-12(2)21-19(24)9-23(7)10-20-22-18(11-25-20)17-8-13(3)14(4)15(5)16(17)6/h8,11-12H,9-10H2,1-7H3,(H,21,24). The van der Waals surface area contributed by atoms with Gasteiger partial charge in [0.25, 0.3) is 0 Å². The molecule has 0 aliphatic carbocycles. The highest BCUT2D eigenvalue weighted by Crippen LogP contribution is 2.30. The summed E-state index contributed by atoms with van der Waals surface area (Å²) in [5, 5.41) is 6.07. The molecule has 0 fully saturated rings. The van der Waals surface area contributed by atoms with Crippen molar-refractivity contribution in [3.63, 3.8) is 0 Å². The van der Waals surface area contributed by atoms with Crippen LogP contribution in [0.1, 0.15) is 41.1 Å². The highest BCUT2D eigenvalue weighted by molar-refractivity contribution is 7.09. The Labute approximate surface area is 155 Å². The second kappa shape index (κ2) is 8.11. The maximum atomic E-state index is 11.9. The Kier molecular flexibility index (Phi) is 6.36. The minimum atomic E-state index is 0.0508. The number of thiazole rings is 1. The van der Waals surface area contributed by atoms with Gasteiger partial charge in [-0.2, -0.15) is 0 Å². The van der Waals surface area contributed by atoms with Crippen molar-refractivity contribution >= 4 is 17.2 Å². The molecule has 4 nitrogen and oxygen atoms in total. The van der Waals surface area contributed by atoms with Crippen LogP contribution >= 0.6 is 11.3 Å². The third-order valence-electron chi connectivity index (χ3n) is 4.58. The van der Waals surface area contributed by atoms with E-state index in [-0.39, 0.29) is 11.9 Å². The minimum absolute atomic E-state index is 0.0508. The van der Waals surface area contributed by atoms with E-state index in [0.29, 0.717) is 13.1 Å². The lowest BCUT2D eigenvalue weighted by Gasteiger charge is -2.16. The molecule has 0 unspecified atom stereocenters. The van der Waals surface area contributed by atoms with Gasteiger partial charge in [0.15, 0.2) is 0 Å². The summed E-state index contributed by atoms with van der Waals surface area (Å²) in [6, 6.07) is 2.40. The number of aryl methyl sites for hydroxylation is 1. The number of aromatic nitrogens is 1. The van der Waals surface area contributed by atoms with Gasteiger partial charge in [-0.1, -0.05) is 0 Å². The summed E-state index contributed by atoms with van der Waals surface area (Å²) in [7, 11) is 1.95. The Morgan fingerprint density at radius 2 is 1.88 bits per heavy atom. The molecule has 1 aromatic carbocycles. The van der Waals surface area contributed by atoms with Gasteiger partial charge in [-0.3, -0.25) is 9.69 Å². The highest BCUT2D eigenvalue weighted by atomic mass is 32.1. The number of hydrogen-bond donors (Lipinski definition) is 1.